The van der Waals surface area contributed by atoms with Gasteiger partial charge < -0.3 is 9.47 Å². The highest BCUT2D eigenvalue weighted by molar-refractivity contribution is 9.10. The molecule has 0 aliphatic carbocycles. The van der Waals surface area contributed by atoms with Crippen molar-refractivity contribution in [2.45, 2.75) is 33.6 Å². The average molecular weight is 508 g/mol. The van der Waals surface area contributed by atoms with Gasteiger partial charge in [-0.2, -0.15) is 0 Å². The van der Waals surface area contributed by atoms with Crippen molar-refractivity contribution in [1.82, 2.24) is 16.2 Å². The molecule has 2 aromatic carbocycles. The Morgan fingerprint density at radius 1 is 1.00 bits per heavy atom. The fourth-order valence-electron chi connectivity index (χ4n) is 2.60. The quantitative estimate of drug-likeness (QED) is 0.391. The van der Waals surface area contributed by atoms with Crippen molar-refractivity contribution in [3.8, 4) is 11.5 Å². The smallest absolute Gasteiger partial charge is 0.276 e. The molecule has 0 radical (unpaired) electrons. The van der Waals surface area contributed by atoms with Crippen LogP contribution < -0.4 is 25.6 Å². The summed E-state index contributed by atoms with van der Waals surface area (Å²) in [5.41, 5.74) is 7.92. The molecule has 2 aromatic rings. The van der Waals surface area contributed by atoms with Gasteiger partial charge in [-0.25, -0.2) is 0 Å². The lowest BCUT2D eigenvalue weighted by Crippen LogP contribution is -2.50. The van der Waals surface area contributed by atoms with Gasteiger partial charge in [0.15, 0.2) is 18.3 Å². The third kappa shape index (κ3) is 8.18. The van der Waals surface area contributed by atoms with E-state index in [2.05, 4.69) is 45.9 Å². The van der Waals surface area contributed by atoms with E-state index in [4.69, 9.17) is 21.7 Å². The third-order valence-electron chi connectivity index (χ3n) is 4.22. The summed E-state index contributed by atoms with van der Waals surface area (Å²) in [5, 5.41) is 2.38. The zero-order chi connectivity index (χ0) is 23.0. The number of carbonyl (C=O) groups excluding carboxylic acids is 2. The van der Waals surface area contributed by atoms with E-state index in [1.807, 2.05) is 44.2 Å². The summed E-state index contributed by atoms with van der Waals surface area (Å²) in [6, 6.07) is 11.3. The minimum absolute atomic E-state index is 0.0487. The van der Waals surface area contributed by atoms with Crippen molar-refractivity contribution >= 4 is 45.1 Å². The van der Waals surface area contributed by atoms with Crippen LogP contribution in [0.5, 0.6) is 11.5 Å². The molecule has 0 aliphatic rings. The number of rotatable bonds is 7. The van der Waals surface area contributed by atoms with Crippen LogP contribution in [-0.2, 0) is 9.59 Å². The minimum atomic E-state index is -0.454. The van der Waals surface area contributed by atoms with Crippen LogP contribution in [0.3, 0.4) is 0 Å². The van der Waals surface area contributed by atoms with Crippen LogP contribution in [-0.4, -0.2) is 30.1 Å². The number of benzene rings is 2. The first-order chi connectivity index (χ1) is 14.7. The van der Waals surface area contributed by atoms with Crippen LogP contribution in [0.4, 0.5) is 0 Å². The Kier molecular flexibility index (Phi) is 9.26. The van der Waals surface area contributed by atoms with Gasteiger partial charge in [0, 0.05) is 4.47 Å². The summed E-state index contributed by atoms with van der Waals surface area (Å²) in [6.45, 7) is 7.58. The normalized spacial score (nSPS) is 10.4. The minimum Gasteiger partial charge on any atom is -0.484 e. The molecule has 0 aromatic heterocycles. The molecule has 7 nitrogen and oxygen atoms in total. The third-order valence-corrected chi connectivity index (χ3v) is 5.31. The highest BCUT2D eigenvalue weighted by atomic mass is 79.9. The number of ether oxygens (including phenoxy) is 2. The van der Waals surface area contributed by atoms with E-state index in [0.717, 1.165) is 21.2 Å². The molecule has 9 heteroatoms. The molecule has 0 fully saturated rings. The summed E-state index contributed by atoms with van der Waals surface area (Å²) in [5.74, 6) is 0.612. The second-order valence-corrected chi connectivity index (χ2v) is 8.50. The Hall–Kier alpha value is -2.65. The first-order valence-corrected chi connectivity index (χ1v) is 10.9. The second-order valence-electron chi connectivity index (χ2n) is 7.23. The van der Waals surface area contributed by atoms with E-state index in [1.165, 1.54) is 0 Å². The van der Waals surface area contributed by atoms with Gasteiger partial charge in [0.05, 0.1) is 0 Å². The molecule has 0 spiro atoms. The zero-order valence-electron chi connectivity index (χ0n) is 17.9. The van der Waals surface area contributed by atoms with E-state index >= 15 is 0 Å². The van der Waals surface area contributed by atoms with Crippen LogP contribution in [0.1, 0.15) is 36.5 Å². The number of hydrazine groups is 1. The standard InChI is InChI=1S/C22H26BrN3O4S/c1-13(2)17-7-5-14(3)9-19(17)30-12-21(28)25-26-22(31)24-20(27)11-29-16-6-8-18(23)15(4)10-16/h5-10,13H,11-12H2,1-4H3,(H,25,28)(H2,24,26,27,31). The molecule has 0 aliphatic heterocycles. The Morgan fingerprint density at radius 3 is 2.39 bits per heavy atom. The van der Waals surface area contributed by atoms with E-state index in [9.17, 15) is 9.59 Å². The zero-order valence-corrected chi connectivity index (χ0v) is 20.3. The molecule has 166 valence electrons. The van der Waals surface area contributed by atoms with Crippen molar-refractivity contribution in [3.05, 3.63) is 57.6 Å². The molecule has 3 N–H and O–H groups in total. The molecule has 2 amide bonds. The second kappa shape index (κ2) is 11.7. The van der Waals surface area contributed by atoms with E-state index in [1.54, 1.807) is 6.07 Å². The molecule has 0 saturated carbocycles. The number of hydrogen-bond donors (Lipinski definition) is 3. The maximum absolute atomic E-state index is 12.0. The van der Waals surface area contributed by atoms with Crippen LogP contribution in [0.25, 0.3) is 0 Å². The first kappa shape index (κ1) is 24.6. The van der Waals surface area contributed by atoms with Crippen molar-refractivity contribution in [2.24, 2.45) is 0 Å². The van der Waals surface area contributed by atoms with Crippen molar-refractivity contribution in [2.75, 3.05) is 13.2 Å². The monoisotopic (exact) mass is 507 g/mol. The molecule has 0 saturated heterocycles. The summed E-state index contributed by atoms with van der Waals surface area (Å²) in [4.78, 5) is 24.0. The Labute approximate surface area is 196 Å². The number of hydrogen-bond acceptors (Lipinski definition) is 5. The molecular formula is C22H26BrN3O4S. The highest BCUT2D eigenvalue weighted by Crippen LogP contribution is 2.27. The largest absolute Gasteiger partial charge is 0.484 e. The van der Waals surface area contributed by atoms with Crippen LogP contribution in [0, 0.1) is 13.8 Å². The lowest BCUT2D eigenvalue weighted by atomic mass is 10.0. The van der Waals surface area contributed by atoms with Gasteiger partial charge >= 0.3 is 0 Å². The van der Waals surface area contributed by atoms with Gasteiger partial charge in [0.1, 0.15) is 11.5 Å². The number of aryl methyl sites for hydroxylation is 2. The van der Waals surface area contributed by atoms with Crippen LogP contribution >= 0.6 is 28.1 Å². The average Bonchev–Trinajstić information content (AvgIpc) is 2.71. The Balaban J connectivity index is 1.73. The van der Waals surface area contributed by atoms with Gasteiger partial charge in [-0.05, 0) is 72.9 Å². The summed E-state index contributed by atoms with van der Waals surface area (Å²) < 4.78 is 12.0. The predicted molar refractivity (Wildman–Crippen MR) is 127 cm³/mol. The molecule has 2 rings (SSSR count). The summed E-state index contributed by atoms with van der Waals surface area (Å²) in [7, 11) is 0. The molecule has 0 unspecified atom stereocenters. The first-order valence-electron chi connectivity index (χ1n) is 9.66. The lowest BCUT2D eigenvalue weighted by molar-refractivity contribution is -0.124. The number of carbonyl (C=O) groups is 2. The van der Waals surface area contributed by atoms with Gasteiger partial charge in [-0.1, -0.05) is 41.9 Å². The number of nitrogens with one attached hydrogen (secondary N) is 3. The topological polar surface area (TPSA) is 88.7 Å². The Morgan fingerprint density at radius 2 is 1.71 bits per heavy atom. The van der Waals surface area contributed by atoms with Crippen molar-refractivity contribution < 1.29 is 19.1 Å². The number of amides is 2. The molecule has 0 heterocycles. The number of thiocarbonyl (C=S) groups is 1. The van der Waals surface area contributed by atoms with Gasteiger partial charge in [-0.15, -0.1) is 0 Å². The van der Waals surface area contributed by atoms with Gasteiger partial charge in [0.25, 0.3) is 11.8 Å². The number of halogens is 1. The van der Waals surface area contributed by atoms with Crippen LogP contribution in [0.15, 0.2) is 40.9 Å². The Bertz CT molecular complexity index is 966. The van der Waals surface area contributed by atoms with Crippen LogP contribution in [0.2, 0.25) is 0 Å². The van der Waals surface area contributed by atoms with E-state index in [-0.39, 0.29) is 24.2 Å². The molecule has 0 atom stereocenters. The molecule has 31 heavy (non-hydrogen) atoms. The van der Waals surface area contributed by atoms with Gasteiger partial charge in [0.2, 0.25) is 0 Å². The summed E-state index contributed by atoms with van der Waals surface area (Å²) in [6.07, 6.45) is 0. The molecule has 0 bridgehead atoms. The maximum Gasteiger partial charge on any atom is 0.276 e. The van der Waals surface area contributed by atoms with E-state index < -0.39 is 11.8 Å². The fourth-order valence-corrected chi connectivity index (χ4v) is 3.01. The predicted octanol–water partition coefficient (Wildman–Crippen LogP) is 3.67. The van der Waals surface area contributed by atoms with E-state index in [0.29, 0.717) is 11.5 Å². The molecular weight excluding hydrogens is 482 g/mol. The SMILES string of the molecule is Cc1ccc(C(C)C)c(OCC(=O)NNC(=S)NC(=O)COc2ccc(Br)c(C)c2)c1. The van der Waals surface area contributed by atoms with Crippen molar-refractivity contribution in [1.29, 1.82) is 0 Å². The van der Waals surface area contributed by atoms with Crippen molar-refractivity contribution in [3.63, 3.8) is 0 Å². The fraction of sp³-hybridized carbons (Fsp3) is 0.318. The highest BCUT2D eigenvalue weighted by Gasteiger charge is 2.11. The maximum atomic E-state index is 12.0. The summed E-state index contributed by atoms with van der Waals surface area (Å²) >= 11 is 8.41. The lowest BCUT2D eigenvalue weighted by Gasteiger charge is -2.15. The van der Waals surface area contributed by atoms with Gasteiger partial charge in [-0.3, -0.25) is 25.8 Å².